The average molecular weight is 294 g/mol. The van der Waals surface area contributed by atoms with Gasteiger partial charge in [-0.1, -0.05) is 6.92 Å². The Morgan fingerprint density at radius 1 is 1.40 bits per heavy atom. The molecule has 1 aromatic heterocycles. The van der Waals surface area contributed by atoms with Gasteiger partial charge in [-0.25, -0.2) is 4.68 Å². The molecule has 0 fully saturated rings. The summed E-state index contributed by atoms with van der Waals surface area (Å²) in [5, 5.41) is 11.7. The van der Waals surface area contributed by atoms with E-state index in [4.69, 9.17) is 11.5 Å². The molecule has 0 amide bonds. The van der Waals surface area contributed by atoms with Crippen LogP contribution in [0.4, 0.5) is 11.4 Å². The molecular formula is C12H18N6OS. The highest BCUT2D eigenvalue weighted by Crippen LogP contribution is 2.25. The minimum absolute atomic E-state index is 0.0933. The maximum Gasteiger partial charge on any atom is 0.184 e. The highest BCUT2D eigenvalue weighted by atomic mass is 32.2. The number of aryl methyl sites for hydroxylation is 1. The third kappa shape index (κ3) is 3.13. The molecule has 2 unspecified atom stereocenters. The first-order valence-corrected chi connectivity index (χ1v) is 7.85. The Labute approximate surface area is 119 Å². The molecule has 0 spiro atoms. The number of nitrogens with zero attached hydrogens (tertiary/aromatic N) is 4. The Morgan fingerprint density at radius 3 is 2.80 bits per heavy atom. The van der Waals surface area contributed by atoms with Gasteiger partial charge in [0, 0.05) is 45.8 Å². The molecule has 2 atom stereocenters. The van der Waals surface area contributed by atoms with Crippen LogP contribution in [0, 0.1) is 0 Å². The molecule has 0 aliphatic heterocycles. The number of tetrazole rings is 1. The van der Waals surface area contributed by atoms with Gasteiger partial charge < -0.3 is 11.5 Å². The first-order chi connectivity index (χ1) is 9.49. The van der Waals surface area contributed by atoms with Crippen molar-refractivity contribution in [2.75, 3.05) is 17.7 Å². The summed E-state index contributed by atoms with van der Waals surface area (Å²) in [7, 11) is -0.854. The Bertz CT molecular complexity index is 626. The molecule has 108 valence electrons. The molecule has 8 heteroatoms. The Morgan fingerprint density at radius 2 is 2.15 bits per heavy atom. The molecule has 1 aromatic carbocycles. The fourth-order valence-corrected chi connectivity index (χ4v) is 2.24. The zero-order chi connectivity index (χ0) is 14.7. The molecule has 7 nitrogen and oxygen atoms in total. The topological polar surface area (TPSA) is 113 Å². The van der Waals surface area contributed by atoms with Gasteiger partial charge in [-0.15, -0.1) is 5.10 Å². The third-order valence-corrected chi connectivity index (χ3v) is 4.53. The standard InChI is InChI=1S/C12H18N6OS/c1-8(20(2)19)5-6-18-12(15-16-17-18)10-4-3-9(13)7-11(10)14/h3-4,7-8H,5-6,13-14H2,1-2H3. The summed E-state index contributed by atoms with van der Waals surface area (Å²) in [6.07, 6.45) is 2.43. The van der Waals surface area contributed by atoms with Gasteiger partial charge in [0.15, 0.2) is 5.82 Å². The van der Waals surface area contributed by atoms with Gasteiger partial charge in [0.2, 0.25) is 0 Å². The summed E-state index contributed by atoms with van der Waals surface area (Å²) in [5.41, 5.74) is 13.5. The predicted octanol–water partition coefficient (Wildman–Crippen LogP) is 0.662. The normalized spacial score (nSPS) is 14.1. The highest BCUT2D eigenvalue weighted by molar-refractivity contribution is 7.84. The quantitative estimate of drug-likeness (QED) is 0.783. The number of hydrogen-bond acceptors (Lipinski definition) is 6. The molecule has 0 aliphatic carbocycles. The van der Waals surface area contributed by atoms with Crippen molar-refractivity contribution >= 4 is 22.2 Å². The maximum atomic E-state index is 11.4. The fraction of sp³-hybridized carbons (Fsp3) is 0.417. The predicted molar refractivity (Wildman–Crippen MR) is 80.2 cm³/mol. The molecule has 0 saturated carbocycles. The van der Waals surface area contributed by atoms with E-state index in [1.54, 1.807) is 29.1 Å². The average Bonchev–Trinajstić information content (AvgIpc) is 2.84. The molecule has 2 aromatic rings. The Hall–Kier alpha value is -1.96. The van der Waals surface area contributed by atoms with E-state index in [-0.39, 0.29) is 5.25 Å². The van der Waals surface area contributed by atoms with Gasteiger partial charge in [0.25, 0.3) is 0 Å². The first-order valence-electron chi connectivity index (χ1n) is 6.23. The summed E-state index contributed by atoms with van der Waals surface area (Å²) >= 11 is 0. The monoisotopic (exact) mass is 294 g/mol. The Kier molecular flexibility index (Phi) is 4.33. The lowest BCUT2D eigenvalue weighted by Gasteiger charge is -2.10. The van der Waals surface area contributed by atoms with Gasteiger partial charge in [-0.05, 0) is 35.0 Å². The van der Waals surface area contributed by atoms with Crippen molar-refractivity contribution < 1.29 is 4.21 Å². The van der Waals surface area contributed by atoms with Gasteiger partial charge in [0.1, 0.15) is 0 Å². The van der Waals surface area contributed by atoms with Crippen molar-refractivity contribution in [1.82, 2.24) is 20.2 Å². The second kappa shape index (κ2) is 6.00. The summed E-state index contributed by atoms with van der Waals surface area (Å²) in [4.78, 5) is 0. The maximum absolute atomic E-state index is 11.4. The second-order valence-electron chi connectivity index (χ2n) is 4.67. The lowest BCUT2D eigenvalue weighted by Crippen LogP contribution is -2.14. The van der Waals surface area contributed by atoms with E-state index in [1.807, 2.05) is 6.92 Å². The van der Waals surface area contributed by atoms with E-state index in [9.17, 15) is 4.21 Å². The lowest BCUT2D eigenvalue weighted by atomic mass is 10.1. The zero-order valence-corrected chi connectivity index (χ0v) is 12.3. The molecule has 0 radical (unpaired) electrons. The minimum atomic E-state index is -0.854. The number of anilines is 2. The van der Waals surface area contributed by atoms with Crippen molar-refractivity contribution in [3.8, 4) is 11.4 Å². The summed E-state index contributed by atoms with van der Waals surface area (Å²) in [6.45, 7) is 2.53. The lowest BCUT2D eigenvalue weighted by molar-refractivity contribution is 0.556. The number of aromatic nitrogens is 4. The molecule has 1 heterocycles. The Balaban J connectivity index is 2.22. The summed E-state index contributed by atoms with van der Waals surface area (Å²) in [5.74, 6) is 0.594. The van der Waals surface area contributed by atoms with Crippen LogP contribution in [-0.4, -0.2) is 35.9 Å². The van der Waals surface area contributed by atoms with Crippen LogP contribution in [-0.2, 0) is 17.3 Å². The van der Waals surface area contributed by atoms with E-state index in [1.165, 1.54) is 0 Å². The summed E-state index contributed by atoms with van der Waals surface area (Å²) in [6, 6.07) is 5.24. The second-order valence-corrected chi connectivity index (χ2v) is 6.47. The summed E-state index contributed by atoms with van der Waals surface area (Å²) < 4.78 is 13.0. The molecule has 0 bridgehead atoms. The molecule has 0 saturated heterocycles. The number of nitrogens with two attached hydrogens (primary N) is 2. The minimum Gasteiger partial charge on any atom is -0.399 e. The third-order valence-electron chi connectivity index (χ3n) is 3.16. The molecule has 0 aliphatic rings. The zero-order valence-electron chi connectivity index (χ0n) is 11.5. The SMILES string of the molecule is CC(CCn1nnnc1-c1ccc(N)cc1N)S(C)=O. The van der Waals surface area contributed by atoms with Gasteiger partial charge in [-0.3, -0.25) is 4.21 Å². The van der Waals surface area contributed by atoms with E-state index in [0.717, 1.165) is 12.0 Å². The fourth-order valence-electron chi connectivity index (χ4n) is 1.80. The van der Waals surface area contributed by atoms with E-state index < -0.39 is 10.8 Å². The van der Waals surface area contributed by atoms with Crippen LogP contribution in [0.25, 0.3) is 11.4 Å². The van der Waals surface area contributed by atoms with Gasteiger partial charge >= 0.3 is 0 Å². The van der Waals surface area contributed by atoms with E-state index in [2.05, 4.69) is 15.5 Å². The first kappa shape index (κ1) is 14.4. The number of nitrogen functional groups attached to an aromatic ring is 2. The van der Waals surface area contributed by atoms with Crippen LogP contribution >= 0.6 is 0 Å². The van der Waals surface area contributed by atoms with Crippen molar-refractivity contribution in [3.63, 3.8) is 0 Å². The molecule has 20 heavy (non-hydrogen) atoms. The van der Waals surface area contributed by atoms with Crippen LogP contribution in [0.2, 0.25) is 0 Å². The van der Waals surface area contributed by atoms with Crippen LogP contribution in [0.15, 0.2) is 18.2 Å². The highest BCUT2D eigenvalue weighted by Gasteiger charge is 2.14. The largest absolute Gasteiger partial charge is 0.399 e. The number of rotatable bonds is 5. The molecular weight excluding hydrogens is 276 g/mol. The van der Waals surface area contributed by atoms with Crippen LogP contribution in [0.5, 0.6) is 0 Å². The van der Waals surface area contributed by atoms with Gasteiger partial charge in [-0.2, -0.15) is 0 Å². The van der Waals surface area contributed by atoms with E-state index in [0.29, 0.717) is 23.7 Å². The van der Waals surface area contributed by atoms with Crippen molar-refractivity contribution in [2.24, 2.45) is 0 Å². The van der Waals surface area contributed by atoms with Crippen molar-refractivity contribution in [2.45, 2.75) is 25.1 Å². The van der Waals surface area contributed by atoms with E-state index >= 15 is 0 Å². The van der Waals surface area contributed by atoms with Crippen LogP contribution in [0.3, 0.4) is 0 Å². The van der Waals surface area contributed by atoms with Crippen LogP contribution in [0.1, 0.15) is 13.3 Å². The molecule has 4 N–H and O–H groups in total. The van der Waals surface area contributed by atoms with Crippen molar-refractivity contribution in [3.05, 3.63) is 18.2 Å². The van der Waals surface area contributed by atoms with Gasteiger partial charge in [0.05, 0.1) is 0 Å². The smallest absolute Gasteiger partial charge is 0.184 e. The number of hydrogen-bond donors (Lipinski definition) is 2. The molecule has 2 rings (SSSR count). The number of benzene rings is 1. The van der Waals surface area contributed by atoms with Crippen molar-refractivity contribution in [1.29, 1.82) is 0 Å². The van der Waals surface area contributed by atoms with Crippen LogP contribution < -0.4 is 11.5 Å².